The fraction of sp³-hybridized carbons (Fsp3) is 0. The number of amides is 1. The number of carbonyl (C=O) groups excluding carboxylic acids is 1. The smallest absolute Gasteiger partial charge is 0.263 e. The molecule has 3 aromatic carbocycles. The minimum Gasteiger partial charge on any atom is -0.319 e. The molecule has 0 aliphatic heterocycles. The third-order valence-corrected chi connectivity index (χ3v) is 5.80. The van der Waals surface area contributed by atoms with Crippen molar-refractivity contribution in [3.05, 3.63) is 88.2 Å². The van der Waals surface area contributed by atoms with Gasteiger partial charge in [-0.15, -0.1) is 0 Å². The summed E-state index contributed by atoms with van der Waals surface area (Å²) in [4.78, 5) is 12.1. The van der Waals surface area contributed by atoms with Gasteiger partial charge in [0.2, 0.25) is 0 Å². The molecule has 1 amide bonds. The van der Waals surface area contributed by atoms with E-state index in [4.69, 9.17) is 23.2 Å². The SMILES string of the molecule is O=C(Nc1ccccc1F)c1ccc(NS(=O)(=O)c2cc(Cl)ccc2Cl)cc1. The summed E-state index contributed by atoms with van der Waals surface area (Å²) in [7, 11) is -3.97. The van der Waals surface area contributed by atoms with Crippen LogP contribution >= 0.6 is 23.2 Å². The quantitative estimate of drug-likeness (QED) is 0.575. The van der Waals surface area contributed by atoms with Gasteiger partial charge in [-0.05, 0) is 54.6 Å². The Bertz CT molecular complexity index is 1140. The molecule has 0 aromatic heterocycles. The average molecular weight is 439 g/mol. The number of hydrogen-bond acceptors (Lipinski definition) is 3. The van der Waals surface area contributed by atoms with Gasteiger partial charge < -0.3 is 5.32 Å². The zero-order chi connectivity index (χ0) is 20.3. The van der Waals surface area contributed by atoms with Crippen LogP contribution in [0.1, 0.15) is 10.4 Å². The van der Waals surface area contributed by atoms with Crippen molar-refractivity contribution in [2.45, 2.75) is 4.90 Å². The number of benzene rings is 3. The topological polar surface area (TPSA) is 75.3 Å². The molecule has 28 heavy (non-hydrogen) atoms. The number of para-hydroxylation sites is 1. The molecule has 0 saturated heterocycles. The minimum atomic E-state index is -3.97. The maximum atomic E-state index is 13.6. The predicted molar refractivity (Wildman–Crippen MR) is 108 cm³/mol. The zero-order valence-electron chi connectivity index (χ0n) is 14.1. The number of carbonyl (C=O) groups is 1. The monoisotopic (exact) mass is 438 g/mol. The average Bonchev–Trinajstić information content (AvgIpc) is 2.65. The maximum Gasteiger partial charge on any atom is 0.263 e. The summed E-state index contributed by atoms with van der Waals surface area (Å²) < 4.78 is 41.0. The lowest BCUT2D eigenvalue weighted by Crippen LogP contribution is -2.15. The van der Waals surface area contributed by atoms with Crippen molar-refractivity contribution in [2.75, 3.05) is 10.0 Å². The number of anilines is 2. The van der Waals surface area contributed by atoms with Crippen molar-refractivity contribution < 1.29 is 17.6 Å². The van der Waals surface area contributed by atoms with Crippen LogP contribution in [0, 0.1) is 5.82 Å². The van der Waals surface area contributed by atoms with Crippen LogP contribution in [0.4, 0.5) is 15.8 Å². The fourth-order valence-electron chi connectivity index (χ4n) is 2.34. The Labute approximate surface area is 171 Å². The molecule has 3 aromatic rings. The fourth-order valence-corrected chi connectivity index (χ4v) is 4.16. The first-order valence-electron chi connectivity index (χ1n) is 7.90. The van der Waals surface area contributed by atoms with Crippen molar-refractivity contribution in [2.24, 2.45) is 0 Å². The normalized spacial score (nSPS) is 11.1. The summed E-state index contributed by atoms with van der Waals surface area (Å²) in [5.74, 6) is -1.09. The van der Waals surface area contributed by atoms with Crippen LogP contribution in [-0.4, -0.2) is 14.3 Å². The van der Waals surface area contributed by atoms with E-state index >= 15 is 0 Å². The highest BCUT2D eigenvalue weighted by molar-refractivity contribution is 7.92. The Balaban J connectivity index is 1.76. The first-order chi connectivity index (χ1) is 13.3. The van der Waals surface area contributed by atoms with E-state index in [9.17, 15) is 17.6 Å². The second-order valence-electron chi connectivity index (χ2n) is 5.69. The van der Waals surface area contributed by atoms with Gasteiger partial charge in [-0.2, -0.15) is 0 Å². The van der Waals surface area contributed by atoms with E-state index in [2.05, 4.69) is 10.0 Å². The first kappa shape index (κ1) is 20.1. The zero-order valence-corrected chi connectivity index (χ0v) is 16.4. The van der Waals surface area contributed by atoms with Crippen LogP contribution < -0.4 is 10.0 Å². The van der Waals surface area contributed by atoms with Crippen molar-refractivity contribution in [3.63, 3.8) is 0 Å². The maximum absolute atomic E-state index is 13.6. The van der Waals surface area contributed by atoms with E-state index in [0.29, 0.717) is 0 Å². The Morgan fingerprint density at radius 1 is 0.929 bits per heavy atom. The van der Waals surface area contributed by atoms with Crippen molar-refractivity contribution in [3.8, 4) is 0 Å². The van der Waals surface area contributed by atoms with Crippen LogP contribution in [0.25, 0.3) is 0 Å². The molecular weight excluding hydrogens is 426 g/mol. The summed E-state index contributed by atoms with van der Waals surface area (Å²) in [6, 6.07) is 15.5. The van der Waals surface area contributed by atoms with E-state index in [1.54, 1.807) is 6.07 Å². The van der Waals surface area contributed by atoms with Crippen LogP contribution in [0.2, 0.25) is 10.0 Å². The van der Waals surface area contributed by atoms with Crippen molar-refractivity contribution >= 4 is 50.5 Å². The van der Waals surface area contributed by atoms with Gasteiger partial charge in [-0.1, -0.05) is 35.3 Å². The van der Waals surface area contributed by atoms with Gasteiger partial charge in [0, 0.05) is 16.3 Å². The molecule has 0 aliphatic rings. The standard InChI is InChI=1S/C19H13Cl2FN2O3S/c20-13-7-10-15(21)18(11-13)28(26,27)24-14-8-5-12(6-9-14)19(25)23-17-4-2-1-3-16(17)22/h1-11,24H,(H,23,25). The lowest BCUT2D eigenvalue weighted by Gasteiger charge is -2.11. The summed E-state index contributed by atoms with van der Waals surface area (Å²) in [5, 5.41) is 2.70. The molecule has 0 radical (unpaired) electrons. The number of rotatable bonds is 5. The van der Waals surface area contributed by atoms with E-state index in [0.717, 1.165) is 0 Å². The highest BCUT2D eigenvalue weighted by atomic mass is 35.5. The molecule has 0 unspecified atom stereocenters. The minimum absolute atomic E-state index is 0.0257. The third-order valence-electron chi connectivity index (χ3n) is 3.70. The van der Waals surface area contributed by atoms with E-state index in [1.807, 2.05) is 0 Å². The summed E-state index contributed by atoms with van der Waals surface area (Å²) in [6.07, 6.45) is 0. The van der Waals surface area contributed by atoms with Gasteiger partial charge in [0.25, 0.3) is 15.9 Å². The van der Waals surface area contributed by atoms with Crippen LogP contribution in [0.3, 0.4) is 0 Å². The van der Waals surface area contributed by atoms with E-state index in [-0.39, 0.29) is 31.9 Å². The molecule has 0 spiro atoms. The molecular formula is C19H13Cl2FN2O3S. The van der Waals surface area contributed by atoms with E-state index in [1.165, 1.54) is 60.7 Å². The Morgan fingerprint density at radius 2 is 1.61 bits per heavy atom. The number of nitrogens with one attached hydrogen (secondary N) is 2. The lowest BCUT2D eigenvalue weighted by atomic mass is 10.2. The second kappa shape index (κ2) is 8.18. The molecule has 5 nitrogen and oxygen atoms in total. The van der Waals surface area contributed by atoms with Crippen molar-refractivity contribution in [1.82, 2.24) is 0 Å². The number of halogens is 3. The molecule has 0 heterocycles. The Hall–Kier alpha value is -2.61. The largest absolute Gasteiger partial charge is 0.319 e. The summed E-state index contributed by atoms with van der Waals surface area (Å²) >= 11 is 11.8. The van der Waals surface area contributed by atoms with Crippen molar-refractivity contribution in [1.29, 1.82) is 0 Å². The van der Waals surface area contributed by atoms with Gasteiger partial charge >= 0.3 is 0 Å². The summed E-state index contributed by atoms with van der Waals surface area (Å²) in [5.41, 5.74) is 0.498. The lowest BCUT2D eigenvalue weighted by molar-refractivity contribution is 0.102. The molecule has 9 heteroatoms. The highest BCUT2D eigenvalue weighted by Gasteiger charge is 2.19. The van der Waals surface area contributed by atoms with E-state index < -0.39 is 21.7 Å². The Morgan fingerprint density at radius 3 is 2.29 bits per heavy atom. The van der Waals surface area contributed by atoms with Gasteiger partial charge in [0.15, 0.2) is 0 Å². The first-order valence-corrected chi connectivity index (χ1v) is 10.1. The van der Waals surface area contributed by atoms with Gasteiger partial charge in [0.1, 0.15) is 10.7 Å². The molecule has 0 aliphatic carbocycles. The molecule has 2 N–H and O–H groups in total. The second-order valence-corrected chi connectivity index (χ2v) is 8.19. The molecule has 144 valence electrons. The van der Waals surface area contributed by atoms with Gasteiger partial charge in [0.05, 0.1) is 10.7 Å². The molecule has 0 saturated carbocycles. The van der Waals surface area contributed by atoms with Crippen LogP contribution in [-0.2, 0) is 10.0 Å². The number of sulfonamides is 1. The highest BCUT2D eigenvalue weighted by Crippen LogP contribution is 2.27. The molecule has 3 rings (SSSR count). The van der Waals surface area contributed by atoms with Gasteiger partial charge in [-0.25, -0.2) is 12.8 Å². The summed E-state index contributed by atoms with van der Waals surface area (Å²) in [6.45, 7) is 0. The third kappa shape index (κ3) is 4.62. The molecule has 0 bridgehead atoms. The predicted octanol–water partition coefficient (Wildman–Crippen LogP) is 5.19. The van der Waals surface area contributed by atoms with Gasteiger partial charge in [-0.3, -0.25) is 9.52 Å². The molecule has 0 fully saturated rings. The Kier molecular flexibility index (Phi) is 5.88. The van der Waals surface area contributed by atoms with Crippen LogP contribution in [0.5, 0.6) is 0 Å². The van der Waals surface area contributed by atoms with Crippen LogP contribution in [0.15, 0.2) is 71.6 Å². The number of hydrogen-bond donors (Lipinski definition) is 2. The molecule has 0 atom stereocenters.